The van der Waals surface area contributed by atoms with Gasteiger partial charge in [0.05, 0.1) is 30.5 Å². The second-order valence-corrected chi connectivity index (χ2v) is 8.27. The number of anilines is 1. The number of pyridine rings is 1. The van der Waals surface area contributed by atoms with E-state index in [1.165, 1.54) is 19.3 Å². The van der Waals surface area contributed by atoms with Gasteiger partial charge in [-0.25, -0.2) is 4.98 Å². The minimum absolute atomic E-state index is 0.00167. The molecule has 1 saturated heterocycles. The van der Waals surface area contributed by atoms with E-state index in [4.69, 9.17) is 9.72 Å². The second kappa shape index (κ2) is 7.76. The van der Waals surface area contributed by atoms with Gasteiger partial charge in [0.1, 0.15) is 5.82 Å². The smallest absolute Gasteiger partial charge is 0.256 e. The van der Waals surface area contributed by atoms with Crippen LogP contribution in [0.25, 0.3) is 0 Å². The van der Waals surface area contributed by atoms with Crippen LogP contribution in [0.5, 0.6) is 0 Å². The van der Waals surface area contributed by atoms with Crippen LogP contribution in [-0.4, -0.2) is 59.8 Å². The van der Waals surface area contributed by atoms with Crippen LogP contribution >= 0.6 is 0 Å². The first-order chi connectivity index (χ1) is 13.1. The lowest BCUT2D eigenvalue weighted by Gasteiger charge is -2.35. The molecule has 1 aliphatic carbocycles. The molecule has 2 fully saturated rings. The summed E-state index contributed by atoms with van der Waals surface area (Å²) in [5, 5.41) is 9.19. The number of carbonyl (C=O) groups excluding carboxylic acids is 1. The van der Waals surface area contributed by atoms with Gasteiger partial charge in [0.2, 0.25) is 0 Å². The molecule has 0 spiro atoms. The molecule has 1 aromatic heterocycles. The number of piperidine rings is 1. The van der Waals surface area contributed by atoms with E-state index >= 15 is 0 Å². The van der Waals surface area contributed by atoms with Crippen molar-refractivity contribution >= 4 is 11.7 Å². The van der Waals surface area contributed by atoms with Gasteiger partial charge in [-0.05, 0) is 56.6 Å². The lowest BCUT2D eigenvalue weighted by atomic mass is 9.86. The average Bonchev–Trinajstić information content (AvgIpc) is 2.94. The lowest BCUT2D eigenvalue weighted by molar-refractivity contribution is -0.00101. The molecule has 2 aliphatic heterocycles. The number of amides is 1. The molecular weight excluding hydrogens is 342 g/mol. The lowest BCUT2D eigenvalue weighted by Crippen LogP contribution is -2.39. The van der Waals surface area contributed by atoms with E-state index in [0.717, 1.165) is 66.7 Å². The predicted molar refractivity (Wildman–Crippen MR) is 104 cm³/mol. The highest BCUT2D eigenvalue weighted by atomic mass is 16.5. The molecule has 0 aromatic carbocycles. The zero-order valence-corrected chi connectivity index (χ0v) is 16.5. The summed E-state index contributed by atoms with van der Waals surface area (Å²) in [5.41, 5.74) is 3.73. The summed E-state index contributed by atoms with van der Waals surface area (Å²) in [5.74, 6) is 1.81. The van der Waals surface area contributed by atoms with Gasteiger partial charge in [0.15, 0.2) is 0 Å². The van der Waals surface area contributed by atoms with Crippen LogP contribution in [0.3, 0.4) is 0 Å². The monoisotopic (exact) mass is 373 g/mol. The minimum Gasteiger partial charge on any atom is -0.395 e. The Labute approximate surface area is 161 Å². The minimum atomic E-state index is -0.0149. The van der Waals surface area contributed by atoms with Crippen LogP contribution < -0.4 is 4.90 Å². The Balaban J connectivity index is 1.43. The molecule has 6 heteroatoms. The topological polar surface area (TPSA) is 65.9 Å². The third kappa shape index (κ3) is 3.57. The molecule has 1 aromatic rings. The highest BCUT2D eigenvalue weighted by Gasteiger charge is 2.33. The van der Waals surface area contributed by atoms with Crippen molar-refractivity contribution < 1.29 is 14.6 Å². The summed E-state index contributed by atoms with van der Waals surface area (Å²) in [6.07, 6.45) is 6.50. The molecule has 3 heterocycles. The van der Waals surface area contributed by atoms with Crippen molar-refractivity contribution in [2.45, 2.75) is 58.6 Å². The number of aliphatic hydroxyl groups is 1. The molecule has 0 unspecified atom stereocenters. The van der Waals surface area contributed by atoms with Crippen molar-refractivity contribution in [1.82, 2.24) is 9.88 Å². The maximum absolute atomic E-state index is 12.6. The van der Waals surface area contributed by atoms with Gasteiger partial charge in [-0.2, -0.15) is 0 Å². The van der Waals surface area contributed by atoms with Gasteiger partial charge >= 0.3 is 0 Å². The van der Waals surface area contributed by atoms with Crippen molar-refractivity contribution in [3.63, 3.8) is 0 Å². The van der Waals surface area contributed by atoms with E-state index in [9.17, 15) is 9.90 Å². The first-order valence-electron chi connectivity index (χ1n) is 10.3. The first-order valence-corrected chi connectivity index (χ1v) is 10.3. The van der Waals surface area contributed by atoms with Crippen molar-refractivity contribution in [1.29, 1.82) is 0 Å². The first kappa shape index (κ1) is 18.7. The number of hydrogen-bond donors (Lipinski definition) is 1. The number of fused-ring (bicyclic) bond motifs is 1. The Hall–Kier alpha value is -1.66. The Morgan fingerprint density at radius 3 is 2.52 bits per heavy atom. The number of ether oxygens (including phenoxy) is 1. The Kier molecular flexibility index (Phi) is 5.37. The summed E-state index contributed by atoms with van der Waals surface area (Å²) < 4.78 is 6.13. The van der Waals surface area contributed by atoms with E-state index in [-0.39, 0.29) is 12.5 Å². The van der Waals surface area contributed by atoms with E-state index < -0.39 is 0 Å². The fourth-order valence-corrected chi connectivity index (χ4v) is 4.42. The fourth-order valence-electron chi connectivity index (χ4n) is 4.42. The molecule has 0 radical (unpaired) electrons. The normalized spacial score (nSPS) is 20.9. The second-order valence-electron chi connectivity index (χ2n) is 8.27. The summed E-state index contributed by atoms with van der Waals surface area (Å²) in [6, 6.07) is 0. The van der Waals surface area contributed by atoms with Crippen LogP contribution in [0.15, 0.2) is 0 Å². The molecule has 0 atom stereocenters. The molecule has 0 bridgehead atoms. The molecular formula is C21H31N3O3. The third-order valence-electron chi connectivity index (χ3n) is 6.55. The standard InChI is InChI=1S/C21H31N3O3/c1-14-15(2)20(22-18-12-24(10-11-25)21(26)19(14)18)23-8-6-17(7-9-23)27-13-16-4-3-5-16/h16-17,25H,3-13H2,1-2H3. The third-order valence-corrected chi connectivity index (χ3v) is 6.55. The summed E-state index contributed by atoms with van der Waals surface area (Å²) in [7, 11) is 0. The quantitative estimate of drug-likeness (QED) is 0.830. The van der Waals surface area contributed by atoms with E-state index in [2.05, 4.69) is 11.8 Å². The van der Waals surface area contributed by atoms with E-state index in [1.54, 1.807) is 4.90 Å². The predicted octanol–water partition coefficient (Wildman–Crippen LogP) is 2.43. The maximum atomic E-state index is 12.6. The Bertz CT molecular complexity index is 709. The van der Waals surface area contributed by atoms with Gasteiger partial charge < -0.3 is 19.6 Å². The van der Waals surface area contributed by atoms with Gasteiger partial charge in [-0.1, -0.05) is 6.42 Å². The highest BCUT2D eigenvalue weighted by Crippen LogP contribution is 2.33. The fraction of sp³-hybridized carbons (Fsp3) is 0.714. The summed E-state index contributed by atoms with van der Waals surface area (Å²) in [4.78, 5) is 21.5. The van der Waals surface area contributed by atoms with E-state index in [0.29, 0.717) is 19.2 Å². The van der Waals surface area contributed by atoms with Crippen molar-refractivity contribution in [2.24, 2.45) is 5.92 Å². The van der Waals surface area contributed by atoms with Crippen molar-refractivity contribution in [3.8, 4) is 0 Å². The molecule has 1 amide bonds. The summed E-state index contributed by atoms with van der Waals surface area (Å²) in [6.45, 7) is 7.79. The molecule has 27 heavy (non-hydrogen) atoms. The number of aromatic nitrogens is 1. The molecule has 1 saturated carbocycles. The number of β-amino-alcohol motifs (C(OH)–C–C–N with tert-alkyl or cyclic N) is 1. The molecule has 1 N–H and O–H groups in total. The average molecular weight is 373 g/mol. The maximum Gasteiger partial charge on any atom is 0.256 e. The number of hydrogen-bond acceptors (Lipinski definition) is 5. The number of carbonyl (C=O) groups is 1. The SMILES string of the molecule is Cc1c(N2CCC(OCC3CCC3)CC2)nc2c(c1C)C(=O)N(CCO)C2. The zero-order chi connectivity index (χ0) is 19.0. The number of aliphatic hydroxyl groups excluding tert-OH is 1. The zero-order valence-electron chi connectivity index (χ0n) is 16.5. The van der Waals surface area contributed by atoms with Crippen LogP contribution in [0.2, 0.25) is 0 Å². The molecule has 6 nitrogen and oxygen atoms in total. The molecule has 4 rings (SSSR count). The van der Waals surface area contributed by atoms with Gasteiger partial charge in [-0.3, -0.25) is 4.79 Å². The van der Waals surface area contributed by atoms with Gasteiger partial charge in [0.25, 0.3) is 5.91 Å². The Morgan fingerprint density at radius 2 is 1.89 bits per heavy atom. The molecule has 148 valence electrons. The van der Waals surface area contributed by atoms with Crippen LogP contribution in [-0.2, 0) is 11.3 Å². The Morgan fingerprint density at radius 1 is 1.15 bits per heavy atom. The number of nitrogens with zero attached hydrogens (tertiary/aromatic N) is 3. The summed E-state index contributed by atoms with van der Waals surface area (Å²) >= 11 is 0. The van der Waals surface area contributed by atoms with Crippen LogP contribution in [0, 0.1) is 19.8 Å². The van der Waals surface area contributed by atoms with Crippen LogP contribution in [0.4, 0.5) is 5.82 Å². The van der Waals surface area contributed by atoms with Gasteiger partial charge in [-0.15, -0.1) is 0 Å². The van der Waals surface area contributed by atoms with Crippen LogP contribution in [0.1, 0.15) is 59.3 Å². The number of rotatable bonds is 6. The van der Waals surface area contributed by atoms with Gasteiger partial charge in [0, 0.05) is 26.2 Å². The van der Waals surface area contributed by atoms with Crippen molar-refractivity contribution in [3.05, 3.63) is 22.4 Å². The molecule has 3 aliphatic rings. The van der Waals surface area contributed by atoms with Crippen molar-refractivity contribution in [2.75, 3.05) is 37.7 Å². The largest absolute Gasteiger partial charge is 0.395 e. The highest BCUT2D eigenvalue weighted by molar-refractivity contribution is 6.00. The van der Waals surface area contributed by atoms with E-state index in [1.807, 2.05) is 6.92 Å².